The van der Waals surface area contributed by atoms with Crippen LogP contribution < -0.4 is 15.4 Å². The van der Waals surface area contributed by atoms with Crippen LogP contribution in [0.3, 0.4) is 0 Å². The van der Waals surface area contributed by atoms with Crippen molar-refractivity contribution in [2.24, 2.45) is 0 Å². The highest BCUT2D eigenvalue weighted by Gasteiger charge is 2.19. The number of aryl methyl sites for hydroxylation is 2. The lowest BCUT2D eigenvalue weighted by Crippen LogP contribution is -2.37. The average molecular weight is 541 g/mol. The van der Waals surface area contributed by atoms with Crippen molar-refractivity contribution in [1.82, 2.24) is 19.9 Å². The molecule has 3 aromatic rings. The van der Waals surface area contributed by atoms with Crippen molar-refractivity contribution in [1.29, 1.82) is 0 Å². The van der Waals surface area contributed by atoms with Gasteiger partial charge in [-0.1, -0.05) is 6.07 Å². The average Bonchev–Trinajstić information content (AvgIpc) is 2.92. The number of hydrogen-bond donors (Lipinski definition) is 3. The van der Waals surface area contributed by atoms with Crippen molar-refractivity contribution in [3.05, 3.63) is 71.8 Å². The van der Waals surface area contributed by atoms with Crippen LogP contribution in [0.25, 0.3) is 0 Å². The summed E-state index contributed by atoms with van der Waals surface area (Å²) in [6.45, 7) is 2.82. The minimum absolute atomic E-state index is 0.119. The van der Waals surface area contributed by atoms with Gasteiger partial charge in [0.15, 0.2) is 0 Å². The Kier molecular flexibility index (Phi) is 10.4. The number of aromatic nitrogens is 3. The van der Waals surface area contributed by atoms with Crippen molar-refractivity contribution < 1.29 is 23.4 Å². The number of aliphatic carboxylic acids is 1. The topological polar surface area (TPSA) is 112 Å². The molecule has 1 aliphatic rings. The number of nitrogens with zero attached hydrogens (tertiary/aromatic N) is 4. The van der Waals surface area contributed by atoms with Crippen LogP contribution in [0, 0.1) is 11.6 Å². The molecule has 2 aromatic heterocycles. The highest BCUT2D eigenvalue weighted by atomic mass is 19.1. The molecule has 3 heterocycles. The Morgan fingerprint density at radius 3 is 2.74 bits per heavy atom. The number of pyridine rings is 1. The molecule has 0 bridgehead atoms. The summed E-state index contributed by atoms with van der Waals surface area (Å²) in [4.78, 5) is 26.6. The molecule has 4 rings (SSSR count). The predicted molar refractivity (Wildman–Crippen MR) is 144 cm³/mol. The first-order valence-electron chi connectivity index (χ1n) is 13.3. The fourth-order valence-corrected chi connectivity index (χ4v) is 4.51. The first-order chi connectivity index (χ1) is 19.0. The van der Waals surface area contributed by atoms with Gasteiger partial charge in [-0.2, -0.15) is 0 Å². The van der Waals surface area contributed by atoms with Crippen LogP contribution in [0.2, 0.25) is 0 Å². The van der Waals surface area contributed by atoms with E-state index in [-0.39, 0.29) is 12.4 Å². The van der Waals surface area contributed by atoms with Crippen molar-refractivity contribution in [3.8, 4) is 5.75 Å². The molecule has 39 heavy (non-hydrogen) atoms. The fourth-order valence-electron chi connectivity index (χ4n) is 4.51. The molecule has 0 radical (unpaired) electrons. The molecule has 208 valence electrons. The maximum Gasteiger partial charge on any atom is 0.326 e. The number of anilines is 2. The summed E-state index contributed by atoms with van der Waals surface area (Å²) in [7, 11) is 0. The number of fused-ring (bicyclic) bond motifs is 1. The summed E-state index contributed by atoms with van der Waals surface area (Å²) in [5.41, 5.74) is 2.31. The van der Waals surface area contributed by atoms with Gasteiger partial charge >= 0.3 is 5.97 Å². The van der Waals surface area contributed by atoms with Gasteiger partial charge in [0.05, 0.1) is 0 Å². The standard InChI is InChI=1S/C28H34F2N6O3/c29-21-16-22(30)18-24(17-21)39-15-14-36(13-9-25(28(37)38)35-26-8-11-31-19-33-26)12-2-1-5-23-7-6-20-4-3-10-32-27(20)34-23/h6-8,11,16-19,25H,1-5,9-10,12-15H2,(H,32,34)(H,37,38)(H,31,33,35). The Hall–Kier alpha value is -3.86. The van der Waals surface area contributed by atoms with E-state index >= 15 is 0 Å². The summed E-state index contributed by atoms with van der Waals surface area (Å²) in [5.74, 6) is -0.837. The van der Waals surface area contributed by atoms with E-state index in [9.17, 15) is 18.7 Å². The molecule has 1 aromatic carbocycles. The summed E-state index contributed by atoms with van der Waals surface area (Å²) in [5, 5.41) is 16.0. The van der Waals surface area contributed by atoms with Gasteiger partial charge in [-0.05, 0) is 62.8 Å². The van der Waals surface area contributed by atoms with Crippen molar-refractivity contribution in [2.45, 2.75) is 44.6 Å². The van der Waals surface area contributed by atoms with E-state index in [1.54, 1.807) is 12.3 Å². The second-order valence-electron chi connectivity index (χ2n) is 9.51. The number of rotatable bonds is 15. The Morgan fingerprint density at radius 2 is 1.97 bits per heavy atom. The largest absolute Gasteiger partial charge is 0.492 e. The van der Waals surface area contributed by atoms with Gasteiger partial charge in [-0.25, -0.2) is 28.5 Å². The minimum atomic E-state index is -0.979. The Labute approximate surface area is 226 Å². The third-order valence-electron chi connectivity index (χ3n) is 6.56. The van der Waals surface area contributed by atoms with Crippen LogP contribution in [0.5, 0.6) is 5.75 Å². The van der Waals surface area contributed by atoms with E-state index in [0.29, 0.717) is 31.9 Å². The second-order valence-corrected chi connectivity index (χ2v) is 9.51. The van der Waals surface area contributed by atoms with Crippen LogP contribution in [-0.4, -0.2) is 69.8 Å². The zero-order valence-corrected chi connectivity index (χ0v) is 21.8. The minimum Gasteiger partial charge on any atom is -0.492 e. The third-order valence-corrected chi connectivity index (χ3v) is 6.56. The molecule has 0 saturated heterocycles. The highest BCUT2D eigenvalue weighted by Crippen LogP contribution is 2.20. The molecule has 9 nitrogen and oxygen atoms in total. The lowest BCUT2D eigenvalue weighted by atomic mass is 10.1. The molecule has 0 fully saturated rings. The summed E-state index contributed by atoms with van der Waals surface area (Å²) in [6, 6.07) is 8.09. The first kappa shape index (κ1) is 28.2. The van der Waals surface area contributed by atoms with E-state index in [0.717, 1.165) is 68.4 Å². The molecule has 0 aliphatic carbocycles. The lowest BCUT2D eigenvalue weighted by Gasteiger charge is -2.24. The fraction of sp³-hybridized carbons (Fsp3) is 0.429. The van der Waals surface area contributed by atoms with Crippen molar-refractivity contribution >= 4 is 17.6 Å². The van der Waals surface area contributed by atoms with E-state index < -0.39 is 23.6 Å². The number of carbonyl (C=O) groups is 1. The number of halogens is 2. The predicted octanol–water partition coefficient (Wildman–Crippen LogP) is 4.17. The maximum absolute atomic E-state index is 13.5. The number of benzene rings is 1. The van der Waals surface area contributed by atoms with Crippen LogP contribution in [-0.2, 0) is 17.6 Å². The molecule has 1 aliphatic heterocycles. The molecule has 0 spiro atoms. The smallest absolute Gasteiger partial charge is 0.326 e. The zero-order chi connectivity index (χ0) is 27.5. The number of unbranched alkanes of at least 4 members (excludes halogenated alkanes) is 1. The van der Waals surface area contributed by atoms with Crippen LogP contribution >= 0.6 is 0 Å². The Bertz CT molecular complexity index is 1200. The van der Waals surface area contributed by atoms with E-state index in [4.69, 9.17) is 9.72 Å². The molecule has 11 heteroatoms. The van der Waals surface area contributed by atoms with Gasteiger partial charge in [-0.3, -0.25) is 4.90 Å². The summed E-state index contributed by atoms with van der Waals surface area (Å²) < 4.78 is 32.6. The number of nitrogens with one attached hydrogen (secondary N) is 2. The van der Waals surface area contributed by atoms with Gasteiger partial charge in [-0.15, -0.1) is 0 Å². The molecule has 3 N–H and O–H groups in total. The SMILES string of the molecule is O=C(O)C(CCN(CCCCc1ccc2c(n1)NCCC2)CCOc1cc(F)cc(F)c1)Nc1ccncn1. The lowest BCUT2D eigenvalue weighted by molar-refractivity contribution is -0.138. The van der Waals surface area contributed by atoms with Crippen LogP contribution in [0.4, 0.5) is 20.4 Å². The Balaban J connectivity index is 1.30. The van der Waals surface area contributed by atoms with Crippen molar-refractivity contribution in [3.63, 3.8) is 0 Å². The monoisotopic (exact) mass is 540 g/mol. The number of hydrogen-bond acceptors (Lipinski definition) is 8. The quantitative estimate of drug-likeness (QED) is 0.245. The van der Waals surface area contributed by atoms with E-state index in [1.165, 1.54) is 11.9 Å². The number of carboxylic acids is 1. The van der Waals surface area contributed by atoms with E-state index in [2.05, 4.69) is 37.6 Å². The van der Waals surface area contributed by atoms with Gasteiger partial charge in [0.2, 0.25) is 0 Å². The number of ether oxygens (including phenoxy) is 1. The van der Waals surface area contributed by atoms with E-state index in [1.807, 2.05) is 0 Å². The molecular weight excluding hydrogens is 506 g/mol. The van der Waals surface area contributed by atoms with Crippen LogP contribution in [0.1, 0.15) is 36.9 Å². The first-order valence-corrected chi connectivity index (χ1v) is 13.3. The second kappa shape index (κ2) is 14.3. The molecule has 0 amide bonds. The normalized spacial score (nSPS) is 13.4. The van der Waals surface area contributed by atoms with Crippen molar-refractivity contribution in [2.75, 3.05) is 43.4 Å². The Morgan fingerprint density at radius 1 is 1.13 bits per heavy atom. The summed E-state index contributed by atoms with van der Waals surface area (Å²) in [6.07, 6.45) is 8.03. The maximum atomic E-state index is 13.5. The highest BCUT2D eigenvalue weighted by molar-refractivity contribution is 5.76. The van der Waals surface area contributed by atoms with Gasteiger partial charge in [0.25, 0.3) is 0 Å². The van der Waals surface area contributed by atoms with Gasteiger partial charge < -0.3 is 20.5 Å². The van der Waals surface area contributed by atoms with Crippen LogP contribution in [0.15, 0.2) is 48.9 Å². The molecule has 0 saturated carbocycles. The third kappa shape index (κ3) is 9.13. The molecule has 1 unspecified atom stereocenters. The summed E-state index contributed by atoms with van der Waals surface area (Å²) >= 11 is 0. The molecule has 1 atom stereocenters. The van der Waals surface area contributed by atoms with Gasteiger partial charge in [0, 0.05) is 49.7 Å². The number of carboxylic acid groups (broad SMARTS) is 1. The zero-order valence-electron chi connectivity index (χ0n) is 21.8. The van der Waals surface area contributed by atoms with Gasteiger partial charge in [0.1, 0.15) is 48.0 Å². The molecular formula is C28H34F2N6O3.